The minimum Gasteiger partial charge on any atom is -0.496 e. The predicted molar refractivity (Wildman–Crippen MR) is 73.0 cm³/mol. The van der Waals surface area contributed by atoms with Crippen LogP contribution in [0.2, 0.25) is 5.02 Å². The summed E-state index contributed by atoms with van der Waals surface area (Å²) in [6, 6.07) is 7.99. The van der Waals surface area contributed by atoms with Crippen molar-refractivity contribution in [3.8, 4) is 5.75 Å². The fraction of sp³-hybridized carbons (Fsp3) is 0.200. The average Bonchev–Trinajstić information content (AvgIpc) is 2.37. The van der Waals surface area contributed by atoms with Crippen LogP contribution in [-0.2, 0) is 6.42 Å². The molecule has 2 aromatic rings. The minimum atomic E-state index is -0.968. The second-order valence-electron chi connectivity index (χ2n) is 4.38. The van der Waals surface area contributed by atoms with Crippen molar-refractivity contribution in [2.24, 2.45) is 0 Å². The summed E-state index contributed by atoms with van der Waals surface area (Å²) in [6.45, 7) is 0. The van der Waals surface area contributed by atoms with E-state index >= 15 is 0 Å². The van der Waals surface area contributed by atoms with Crippen LogP contribution in [0, 0.1) is 11.6 Å². The van der Waals surface area contributed by atoms with E-state index in [0.717, 1.165) is 6.07 Å². The summed E-state index contributed by atoms with van der Waals surface area (Å²) in [5.74, 6) is -0.880. The first-order valence-electron chi connectivity index (χ1n) is 5.96. The highest BCUT2D eigenvalue weighted by Crippen LogP contribution is 2.30. The lowest BCUT2D eigenvalue weighted by Crippen LogP contribution is -2.05. The summed E-state index contributed by atoms with van der Waals surface area (Å²) in [6.07, 6.45) is -0.907. The van der Waals surface area contributed by atoms with Crippen LogP contribution in [0.1, 0.15) is 17.2 Å². The number of aliphatic hydroxyl groups excluding tert-OH is 1. The summed E-state index contributed by atoms with van der Waals surface area (Å²) in [7, 11) is 1.47. The number of halogens is 3. The molecule has 20 heavy (non-hydrogen) atoms. The monoisotopic (exact) mass is 298 g/mol. The minimum absolute atomic E-state index is 0.0609. The van der Waals surface area contributed by atoms with Crippen LogP contribution in [0.25, 0.3) is 0 Å². The molecule has 2 nitrogen and oxygen atoms in total. The largest absolute Gasteiger partial charge is 0.496 e. The third kappa shape index (κ3) is 3.46. The average molecular weight is 299 g/mol. The molecule has 2 aromatic carbocycles. The maximum Gasteiger partial charge on any atom is 0.126 e. The Balaban J connectivity index is 2.27. The molecule has 1 N–H and O–H groups in total. The van der Waals surface area contributed by atoms with Crippen LogP contribution in [0.15, 0.2) is 36.4 Å². The lowest BCUT2D eigenvalue weighted by atomic mass is 10.0. The number of hydrogen-bond donors (Lipinski definition) is 1. The van der Waals surface area contributed by atoms with Gasteiger partial charge in [0.25, 0.3) is 0 Å². The Kier molecular flexibility index (Phi) is 4.57. The Hall–Kier alpha value is -1.65. The first-order valence-corrected chi connectivity index (χ1v) is 6.34. The Labute approximate surface area is 120 Å². The molecule has 0 saturated heterocycles. The van der Waals surface area contributed by atoms with E-state index in [2.05, 4.69) is 0 Å². The number of rotatable bonds is 4. The summed E-state index contributed by atoms with van der Waals surface area (Å²) in [5.41, 5.74) is 0.835. The van der Waals surface area contributed by atoms with Gasteiger partial charge in [0, 0.05) is 23.1 Å². The molecule has 0 aliphatic carbocycles. The Morgan fingerprint density at radius 1 is 1.15 bits per heavy atom. The van der Waals surface area contributed by atoms with E-state index in [1.807, 2.05) is 0 Å². The van der Waals surface area contributed by atoms with Gasteiger partial charge in [0.2, 0.25) is 0 Å². The highest BCUT2D eigenvalue weighted by atomic mass is 35.5. The Morgan fingerprint density at radius 3 is 2.40 bits per heavy atom. The number of ether oxygens (including phenoxy) is 1. The Bertz CT molecular complexity index is 597. The number of methoxy groups -OCH3 is 1. The van der Waals surface area contributed by atoms with Crippen LogP contribution in [0.5, 0.6) is 5.75 Å². The van der Waals surface area contributed by atoms with Crippen molar-refractivity contribution in [1.82, 2.24) is 0 Å². The van der Waals surface area contributed by atoms with Crippen LogP contribution < -0.4 is 4.74 Å². The van der Waals surface area contributed by atoms with Gasteiger partial charge in [-0.25, -0.2) is 8.78 Å². The second-order valence-corrected chi connectivity index (χ2v) is 4.82. The molecule has 0 aromatic heterocycles. The molecule has 2 rings (SSSR count). The topological polar surface area (TPSA) is 29.5 Å². The number of benzene rings is 2. The summed E-state index contributed by atoms with van der Waals surface area (Å²) in [4.78, 5) is 0. The molecule has 0 aliphatic rings. The van der Waals surface area contributed by atoms with Crippen LogP contribution in [-0.4, -0.2) is 12.2 Å². The van der Waals surface area contributed by atoms with Crippen molar-refractivity contribution in [3.63, 3.8) is 0 Å². The molecule has 0 radical (unpaired) electrons. The quantitative estimate of drug-likeness (QED) is 0.927. The fourth-order valence-corrected chi connectivity index (χ4v) is 2.21. The molecular formula is C15H13ClF2O2. The van der Waals surface area contributed by atoms with Crippen molar-refractivity contribution in [1.29, 1.82) is 0 Å². The predicted octanol–water partition coefficient (Wildman–Crippen LogP) is 3.90. The molecule has 0 heterocycles. The number of aliphatic hydroxyl groups is 1. The van der Waals surface area contributed by atoms with E-state index in [0.29, 0.717) is 21.9 Å². The third-order valence-electron chi connectivity index (χ3n) is 2.90. The zero-order valence-corrected chi connectivity index (χ0v) is 11.5. The summed E-state index contributed by atoms with van der Waals surface area (Å²) in [5, 5.41) is 10.7. The van der Waals surface area contributed by atoms with Gasteiger partial charge >= 0.3 is 0 Å². The van der Waals surface area contributed by atoms with Crippen molar-refractivity contribution >= 4 is 11.6 Å². The molecule has 0 aliphatic heterocycles. The zero-order chi connectivity index (χ0) is 14.7. The van der Waals surface area contributed by atoms with Gasteiger partial charge in [-0.05, 0) is 35.9 Å². The standard InChI is InChI=1S/C15H13ClF2O2/c1-20-15-3-2-10(16)7-13(15)14(19)6-9-4-11(17)8-12(18)5-9/h2-5,7-8,14,19H,6H2,1H3. The lowest BCUT2D eigenvalue weighted by molar-refractivity contribution is 0.174. The van der Waals surface area contributed by atoms with E-state index in [1.165, 1.54) is 19.2 Å². The zero-order valence-electron chi connectivity index (χ0n) is 10.7. The van der Waals surface area contributed by atoms with Gasteiger partial charge in [0.05, 0.1) is 13.2 Å². The van der Waals surface area contributed by atoms with Crippen molar-refractivity contribution in [2.75, 3.05) is 7.11 Å². The molecular weight excluding hydrogens is 286 g/mol. The first-order chi connectivity index (χ1) is 9.49. The van der Waals surface area contributed by atoms with Gasteiger partial charge in [-0.15, -0.1) is 0 Å². The molecule has 0 saturated carbocycles. The molecule has 1 atom stereocenters. The number of hydrogen-bond acceptors (Lipinski definition) is 2. The van der Waals surface area contributed by atoms with Crippen molar-refractivity contribution in [3.05, 3.63) is 64.2 Å². The first kappa shape index (κ1) is 14.8. The van der Waals surface area contributed by atoms with E-state index in [4.69, 9.17) is 16.3 Å². The van der Waals surface area contributed by atoms with Gasteiger partial charge < -0.3 is 9.84 Å². The highest BCUT2D eigenvalue weighted by molar-refractivity contribution is 6.30. The van der Waals surface area contributed by atoms with Crippen molar-refractivity contribution in [2.45, 2.75) is 12.5 Å². The summed E-state index contributed by atoms with van der Waals surface area (Å²) < 4.78 is 31.4. The normalized spacial score (nSPS) is 12.2. The molecule has 1 unspecified atom stereocenters. The maximum absolute atomic E-state index is 13.1. The van der Waals surface area contributed by atoms with E-state index < -0.39 is 17.7 Å². The smallest absolute Gasteiger partial charge is 0.126 e. The van der Waals surface area contributed by atoms with Crippen molar-refractivity contribution < 1.29 is 18.6 Å². The van der Waals surface area contributed by atoms with Gasteiger partial charge in [-0.3, -0.25) is 0 Å². The van der Waals surface area contributed by atoms with Gasteiger partial charge in [-0.1, -0.05) is 11.6 Å². The Morgan fingerprint density at radius 2 is 1.80 bits per heavy atom. The maximum atomic E-state index is 13.1. The summed E-state index contributed by atoms with van der Waals surface area (Å²) >= 11 is 5.88. The molecule has 0 bridgehead atoms. The van der Waals surface area contributed by atoms with E-state index in [1.54, 1.807) is 18.2 Å². The van der Waals surface area contributed by atoms with Crippen LogP contribution >= 0.6 is 11.6 Å². The highest BCUT2D eigenvalue weighted by Gasteiger charge is 2.15. The van der Waals surface area contributed by atoms with Gasteiger partial charge in [0.1, 0.15) is 17.4 Å². The second kappa shape index (κ2) is 6.20. The van der Waals surface area contributed by atoms with Gasteiger partial charge in [0.15, 0.2) is 0 Å². The van der Waals surface area contributed by atoms with E-state index in [-0.39, 0.29) is 6.42 Å². The molecule has 0 amide bonds. The lowest BCUT2D eigenvalue weighted by Gasteiger charge is -2.15. The molecule has 0 spiro atoms. The SMILES string of the molecule is COc1ccc(Cl)cc1C(O)Cc1cc(F)cc(F)c1. The van der Waals surface area contributed by atoms with E-state index in [9.17, 15) is 13.9 Å². The fourth-order valence-electron chi connectivity index (χ4n) is 2.03. The molecule has 5 heteroatoms. The third-order valence-corrected chi connectivity index (χ3v) is 3.14. The molecule has 0 fully saturated rings. The molecule has 106 valence electrons. The van der Waals surface area contributed by atoms with Gasteiger partial charge in [-0.2, -0.15) is 0 Å². The van der Waals surface area contributed by atoms with Crippen LogP contribution in [0.3, 0.4) is 0 Å². The van der Waals surface area contributed by atoms with Crippen LogP contribution in [0.4, 0.5) is 8.78 Å².